The molecule has 1 aliphatic carbocycles. The molecule has 2 atom stereocenters. The van der Waals surface area contributed by atoms with E-state index in [-0.39, 0.29) is 30.2 Å². The lowest BCUT2D eigenvalue weighted by Gasteiger charge is -2.44. The molecule has 0 spiro atoms. The number of fused-ring (bicyclic) bond motifs is 1. The van der Waals surface area contributed by atoms with Gasteiger partial charge in [-0.05, 0) is 54.3 Å². The van der Waals surface area contributed by atoms with Crippen LogP contribution in [0.5, 0.6) is 0 Å². The van der Waals surface area contributed by atoms with E-state index in [2.05, 4.69) is 10.3 Å². The second-order valence-electron chi connectivity index (χ2n) is 9.21. The first-order chi connectivity index (χ1) is 17.6. The Morgan fingerprint density at radius 3 is 2.67 bits per heavy atom. The maximum atomic E-state index is 14.4. The van der Waals surface area contributed by atoms with E-state index in [0.29, 0.717) is 27.8 Å². The number of hydrogen-bond acceptors (Lipinski definition) is 4. The lowest BCUT2D eigenvalue weighted by Crippen LogP contribution is -2.50. The van der Waals surface area contributed by atoms with E-state index in [1.165, 1.54) is 6.07 Å². The largest absolute Gasteiger partial charge is 0.348 e. The number of thioether (sulfide) groups is 1. The number of amides is 2. The van der Waals surface area contributed by atoms with Crippen molar-refractivity contribution in [2.75, 3.05) is 0 Å². The molecule has 0 radical (unpaired) electrons. The van der Waals surface area contributed by atoms with Gasteiger partial charge in [0.05, 0.1) is 4.91 Å². The number of carbonyl (C=O) groups is 2. The third-order valence-electron chi connectivity index (χ3n) is 6.76. The predicted molar refractivity (Wildman–Crippen MR) is 140 cm³/mol. The van der Waals surface area contributed by atoms with E-state index < -0.39 is 0 Å². The molecule has 36 heavy (non-hydrogen) atoms. The first-order valence-electron chi connectivity index (χ1n) is 12.3. The normalized spacial score (nSPS) is 20.8. The van der Waals surface area contributed by atoms with Gasteiger partial charge in [-0.3, -0.25) is 14.6 Å². The lowest BCUT2D eigenvalue weighted by molar-refractivity contribution is -0.130. The van der Waals surface area contributed by atoms with Gasteiger partial charge in [-0.2, -0.15) is 0 Å². The molecule has 1 saturated carbocycles. The standard InChI is InChI=1S/C29H28FN3O2S/c30-24-8-2-1-7-23(24)19-33-25-9-3-4-10-26(25)36-27(29(33)35)16-20-11-13-22(14-12-20)28(34)32-18-21-6-5-15-31-17-21/h1-2,5-8,11-17,25-26H,3-4,9-10,18-19H2,(H,32,34)/b27-16-. The molecule has 7 heteroatoms. The van der Waals surface area contributed by atoms with Crippen LogP contribution in [-0.2, 0) is 17.9 Å². The van der Waals surface area contributed by atoms with Gasteiger partial charge in [0, 0.05) is 47.9 Å². The van der Waals surface area contributed by atoms with E-state index >= 15 is 0 Å². The fourth-order valence-electron chi connectivity index (χ4n) is 4.84. The Balaban J connectivity index is 1.31. The number of nitrogens with one attached hydrogen (secondary N) is 1. The van der Waals surface area contributed by atoms with Crippen LogP contribution in [0.3, 0.4) is 0 Å². The van der Waals surface area contributed by atoms with Crippen LogP contribution in [0.2, 0.25) is 0 Å². The Morgan fingerprint density at radius 1 is 1.08 bits per heavy atom. The van der Waals surface area contributed by atoms with Gasteiger partial charge in [-0.1, -0.05) is 49.2 Å². The van der Waals surface area contributed by atoms with E-state index in [1.54, 1.807) is 48.4 Å². The Hall–Kier alpha value is -3.45. The topological polar surface area (TPSA) is 62.3 Å². The maximum Gasteiger partial charge on any atom is 0.260 e. The van der Waals surface area contributed by atoms with Crippen LogP contribution >= 0.6 is 11.8 Å². The van der Waals surface area contributed by atoms with Crippen molar-refractivity contribution >= 4 is 29.7 Å². The molecular formula is C29H28FN3O2S. The molecule has 2 amide bonds. The number of nitrogens with zero attached hydrogens (tertiary/aromatic N) is 2. The van der Waals surface area contributed by atoms with Crippen molar-refractivity contribution in [3.8, 4) is 0 Å². The zero-order valence-electron chi connectivity index (χ0n) is 19.9. The molecule has 1 N–H and O–H groups in total. The smallest absolute Gasteiger partial charge is 0.260 e. The van der Waals surface area contributed by atoms with Crippen molar-refractivity contribution < 1.29 is 14.0 Å². The Kier molecular flexibility index (Phi) is 7.47. The van der Waals surface area contributed by atoms with Crippen molar-refractivity contribution in [2.45, 2.75) is 50.1 Å². The highest BCUT2D eigenvalue weighted by Gasteiger charge is 2.40. The van der Waals surface area contributed by atoms with Crippen molar-refractivity contribution in [2.24, 2.45) is 0 Å². The second kappa shape index (κ2) is 11.1. The third kappa shape index (κ3) is 5.51. The summed E-state index contributed by atoms with van der Waals surface area (Å²) in [6, 6.07) is 17.8. The Morgan fingerprint density at radius 2 is 1.89 bits per heavy atom. The van der Waals surface area contributed by atoms with Crippen LogP contribution in [0, 0.1) is 5.82 Å². The maximum absolute atomic E-state index is 14.4. The molecule has 184 valence electrons. The Labute approximate surface area is 214 Å². The van der Waals surface area contributed by atoms with Gasteiger partial charge in [0.1, 0.15) is 5.82 Å². The molecule has 2 aliphatic rings. The van der Waals surface area contributed by atoms with E-state index in [9.17, 15) is 14.0 Å². The molecule has 1 saturated heterocycles. The second-order valence-corrected chi connectivity index (χ2v) is 10.5. The molecule has 1 aromatic heterocycles. The molecular weight excluding hydrogens is 473 g/mol. The highest BCUT2D eigenvalue weighted by molar-refractivity contribution is 8.04. The first kappa shape index (κ1) is 24.3. The summed E-state index contributed by atoms with van der Waals surface area (Å²) >= 11 is 1.64. The fraction of sp³-hybridized carbons (Fsp3) is 0.276. The van der Waals surface area contributed by atoms with E-state index in [4.69, 9.17) is 0 Å². The first-order valence-corrected chi connectivity index (χ1v) is 13.2. The molecule has 2 unspecified atom stereocenters. The van der Waals surface area contributed by atoms with Crippen molar-refractivity contribution in [1.82, 2.24) is 15.2 Å². The molecule has 0 bridgehead atoms. The molecule has 3 aromatic rings. The number of halogens is 1. The van der Waals surface area contributed by atoms with Gasteiger partial charge in [-0.15, -0.1) is 11.8 Å². The lowest BCUT2D eigenvalue weighted by atomic mass is 9.92. The molecule has 5 nitrogen and oxygen atoms in total. The Bertz CT molecular complexity index is 1260. The van der Waals surface area contributed by atoms with Crippen molar-refractivity contribution in [3.05, 3.63) is 106 Å². The molecule has 2 fully saturated rings. The minimum atomic E-state index is -0.279. The van der Waals surface area contributed by atoms with E-state index in [1.807, 2.05) is 41.3 Å². The number of hydrogen-bond donors (Lipinski definition) is 1. The monoisotopic (exact) mass is 501 g/mol. The van der Waals surface area contributed by atoms with Gasteiger partial charge in [-0.25, -0.2) is 4.39 Å². The van der Waals surface area contributed by atoms with Gasteiger partial charge in [0.25, 0.3) is 11.8 Å². The summed E-state index contributed by atoms with van der Waals surface area (Å²) in [5, 5.41) is 3.21. The van der Waals surface area contributed by atoms with Gasteiger partial charge >= 0.3 is 0 Å². The summed E-state index contributed by atoms with van der Waals surface area (Å²) < 4.78 is 14.4. The summed E-state index contributed by atoms with van der Waals surface area (Å²) in [4.78, 5) is 32.7. The number of aromatic nitrogens is 1. The van der Waals surface area contributed by atoms with Crippen LogP contribution in [0.4, 0.5) is 4.39 Å². The number of benzene rings is 2. The van der Waals surface area contributed by atoms with Gasteiger partial charge in [0.15, 0.2) is 0 Å². The third-order valence-corrected chi connectivity index (χ3v) is 8.16. The molecule has 5 rings (SSSR count). The fourth-order valence-corrected chi connectivity index (χ4v) is 6.31. The van der Waals surface area contributed by atoms with Crippen LogP contribution < -0.4 is 5.32 Å². The SMILES string of the molecule is O=C(NCc1cccnc1)c1ccc(/C=C2\SC3CCCCC3N(Cc3ccccc3F)C2=O)cc1. The average molecular weight is 502 g/mol. The molecule has 2 aromatic carbocycles. The average Bonchev–Trinajstić information content (AvgIpc) is 2.91. The zero-order chi connectivity index (χ0) is 24.9. The summed E-state index contributed by atoms with van der Waals surface area (Å²) in [5.74, 6) is -0.495. The van der Waals surface area contributed by atoms with Crippen LogP contribution in [0.25, 0.3) is 6.08 Å². The number of carbonyl (C=O) groups excluding carboxylic acids is 2. The predicted octanol–water partition coefficient (Wildman–Crippen LogP) is 5.58. The minimum Gasteiger partial charge on any atom is -0.348 e. The number of pyridine rings is 1. The van der Waals surface area contributed by atoms with Crippen LogP contribution in [-0.4, -0.2) is 33.0 Å². The van der Waals surface area contributed by atoms with Gasteiger partial charge < -0.3 is 10.2 Å². The van der Waals surface area contributed by atoms with Crippen molar-refractivity contribution in [3.63, 3.8) is 0 Å². The van der Waals surface area contributed by atoms with Crippen LogP contribution in [0.15, 0.2) is 78.0 Å². The minimum absolute atomic E-state index is 0.0512. The summed E-state index contributed by atoms with van der Waals surface area (Å²) in [5.41, 5.74) is 2.89. The summed E-state index contributed by atoms with van der Waals surface area (Å²) in [7, 11) is 0. The van der Waals surface area contributed by atoms with Crippen molar-refractivity contribution in [1.29, 1.82) is 0 Å². The highest BCUT2D eigenvalue weighted by atomic mass is 32.2. The van der Waals surface area contributed by atoms with Gasteiger partial charge in [0.2, 0.25) is 0 Å². The summed E-state index contributed by atoms with van der Waals surface area (Å²) in [6.07, 6.45) is 9.54. The quantitative estimate of drug-likeness (QED) is 0.448. The number of rotatable bonds is 6. The summed E-state index contributed by atoms with van der Waals surface area (Å²) in [6.45, 7) is 0.685. The van der Waals surface area contributed by atoms with Crippen LogP contribution in [0.1, 0.15) is 52.7 Å². The van der Waals surface area contributed by atoms with E-state index in [0.717, 1.165) is 36.8 Å². The zero-order valence-corrected chi connectivity index (χ0v) is 20.7. The highest BCUT2D eigenvalue weighted by Crippen LogP contribution is 2.42. The molecule has 1 aliphatic heterocycles. The molecule has 2 heterocycles.